The Hall–Kier alpha value is -0.740. The van der Waals surface area contributed by atoms with Crippen molar-refractivity contribution >= 4 is 0 Å². The third kappa shape index (κ3) is 0.951. The number of fused-ring (bicyclic) bond motifs is 2. The predicted molar refractivity (Wildman–Crippen MR) is 42.6 cm³/mol. The van der Waals surface area contributed by atoms with Crippen molar-refractivity contribution in [3.05, 3.63) is 0 Å². The van der Waals surface area contributed by atoms with Crippen molar-refractivity contribution in [1.82, 2.24) is 0 Å². The number of hydrogen-bond donors (Lipinski definition) is 1. The number of rotatable bonds is 1. The van der Waals surface area contributed by atoms with Gasteiger partial charge in [-0.3, -0.25) is 0 Å². The highest BCUT2D eigenvalue weighted by atomic mass is 19.3. The van der Waals surface area contributed by atoms with Crippen molar-refractivity contribution in [2.45, 2.75) is 48.1 Å². The first-order chi connectivity index (χ1) is 8.57. The van der Waals surface area contributed by atoms with Crippen LogP contribution in [0.1, 0.15) is 6.92 Å². The van der Waals surface area contributed by atoms with Crippen LogP contribution in [0.15, 0.2) is 0 Å². The average molecular weight is 320 g/mol. The van der Waals surface area contributed by atoms with Gasteiger partial charge in [-0.05, 0) is 6.92 Å². The molecule has 0 amide bonds. The van der Waals surface area contributed by atoms with Gasteiger partial charge in [-0.1, -0.05) is 0 Å². The molecule has 1 nitrogen and oxygen atoms in total. The zero-order valence-corrected chi connectivity index (χ0v) is 9.38. The van der Waals surface area contributed by atoms with Gasteiger partial charge in [0.25, 0.3) is 5.67 Å². The van der Waals surface area contributed by atoms with Gasteiger partial charge in [-0.15, -0.1) is 0 Å². The summed E-state index contributed by atoms with van der Waals surface area (Å²) in [5.41, 5.74) is -12.4. The molecule has 0 heterocycles. The summed E-state index contributed by atoms with van der Waals surface area (Å²) in [5, 5.41) is 8.83. The summed E-state index contributed by atoms with van der Waals surface area (Å²) >= 11 is 0. The molecule has 4 unspecified atom stereocenters. The molecular weight excluding hydrogens is 314 g/mol. The Labute approximate surface area is 104 Å². The number of hydrogen-bond acceptors (Lipinski definition) is 1. The number of aliphatic hydroxyl groups excluding tert-OH is 1. The van der Waals surface area contributed by atoms with Gasteiger partial charge in [0, 0.05) is 0 Å². The summed E-state index contributed by atoms with van der Waals surface area (Å²) in [7, 11) is 0. The first-order valence-electron chi connectivity index (χ1n) is 5.14. The van der Waals surface area contributed by atoms with Crippen LogP contribution in [-0.4, -0.2) is 46.2 Å². The Morgan fingerprint density at radius 3 is 1.45 bits per heavy atom. The lowest BCUT2D eigenvalue weighted by Crippen LogP contribution is -2.70. The van der Waals surface area contributed by atoms with Crippen molar-refractivity contribution in [2.24, 2.45) is 5.92 Å². The molecular formula is C9H6F10O. The fraction of sp³-hybridized carbons (Fsp3) is 1.00. The molecule has 0 aliphatic heterocycles. The van der Waals surface area contributed by atoms with Crippen LogP contribution in [0.25, 0.3) is 0 Å². The highest BCUT2D eigenvalue weighted by Crippen LogP contribution is 2.81. The minimum Gasteiger partial charge on any atom is -0.393 e. The molecule has 0 aromatic rings. The molecule has 118 valence electrons. The monoisotopic (exact) mass is 320 g/mol. The van der Waals surface area contributed by atoms with E-state index >= 15 is 0 Å². The Kier molecular flexibility index (Phi) is 2.50. The van der Waals surface area contributed by atoms with E-state index in [-0.39, 0.29) is 6.92 Å². The molecule has 2 fully saturated rings. The summed E-state index contributed by atoms with van der Waals surface area (Å²) in [6.07, 6.45) is -2.92. The van der Waals surface area contributed by atoms with Gasteiger partial charge in [-0.25, -0.2) is 17.6 Å². The van der Waals surface area contributed by atoms with Gasteiger partial charge in [0.15, 0.2) is 0 Å². The normalized spacial score (nSPS) is 48.3. The number of halogens is 10. The molecule has 1 N–H and O–H groups in total. The maximum absolute atomic E-state index is 13.9. The summed E-state index contributed by atoms with van der Waals surface area (Å²) in [5.74, 6) is -29.4. The minimum absolute atomic E-state index is 0.203. The fourth-order valence-electron chi connectivity index (χ4n) is 3.00. The van der Waals surface area contributed by atoms with Crippen LogP contribution in [0.5, 0.6) is 0 Å². The standard InChI is InChI=1S/C9H6F10O/c1-2(20)3-4(10)7(14,15)6(13,5(3,11)12)9(18,19)8(4,16)17/h2-3,20H,1H3. The third-order valence-corrected chi connectivity index (χ3v) is 3.93. The van der Waals surface area contributed by atoms with Gasteiger partial charge in [-0.2, -0.15) is 26.3 Å². The largest absolute Gasteiger partial charge is 0.393 e. The first-order valence-corrected chi connectivity index (χ1v) is 5.14. The zero-order valence-electron chi connectivity index (χ0n) is 9.38. The lowest BCUT2D eigenvalue weighted by molar-refractivity contribution is -0.359. The minimum atomic E-state index is -6.65. The molecule has 2 saturated carbocycles. The molecule has 0 aromatic carbocycles. The quantitative estimate of drug-likeness (QED) is 0.737. The molecule has 0 radical (unpaired) electrons. The van der Waals surface area contributed by atoms with E-state index < -0.39 is 47.0 Å². The van der Waals surface area contributed by atoms with E-state index in [9.17, 15) is 43.9 Å². The molecule has 2 aliphatic rings. The van der Waals surface area contributed by atoms with Gasteiger partial charge in [0.1, 0.15) is 0 Å². The summed E-state index contributed by atoms with van der Waals surface area (Å²) in [6, 6.07) is 0. The van der Waals surface area contributed by atoms with Crippen molar-refractivity contribution in [1.29, 1.82) is 0 Å². The molecule has 0 aromatic heterocycles. The van der Waals surface area contributed by atoms with E-state index in [1.165, 1.54) is 0 Å². The van der Waals surface area contributed by atoms with E-state index in [0.29, 0.717) is 0 Å². The lowest BCUT2D eigenvalue weighted by Gasteiger charge is -2.43. The molecule has 2 aliphatic carbocycles. The van der Waals surface area contributed by atoms with Crippen LogP contribution in [0, 0.1) is 5.92 Å². The average Bonchev–Trinajstić information content (AvgIpc) is 2.36. The lowest BCUT2D eigenvalue weighted by atomic mass is 9.75. The molecule has 2 bridgehead atoms. The predicted octanol–water partition coefficient (Wildman–Crippen LogP) is 2.97. The first kappa shape index (κ1) is 15.6. The van der Waals surface area contributed by atoms with Crippen molar-refractivity contribution < 1.29 is 49.0 Å². The highest BCUT2D eigenvalue weighted by Gasteiger charge is 3.12. The molecule has 0 saturated heterocycles. The molecule has 11 heteroatoms. The zero-order chi connectivity index (χ0) is 16.2. The molecule has 2 rings (SSSR count). The van der Waals surface area contributed by atoms with Crippen LogP contribution >= 0.6 is 0 Å². The Morgan fingerprint density at radius 2 is 1.15 bits per heavy atom. The van der Waals surface area contributed by atoms with Gasteiger partial charge in [0.05, 0.1) is 12.0 Å². The second kappa shape index (κ2) is 3.20. The van der Waals surface area contributed by atoms with E-state index in [1.807, 2.05) is 0 Å². The van der Waals surface area contributed by atoms with Crippen molar-refractivity contribution in [3.8, 4) is 0 Å². The molecule has 0 spiro atoms. The van der Waals surface area contributed by atoms with Crippen LogP contribution in [-0.2, 0) is 0 Å². The molecule has 4 atom stereocenters. The Bertz CT molecular complexity index is 460. The second-order valence-electron chi connectivity index (χ2n) is 4.93. The maximum atomic E-state index is 13.9. The van der Waals surface area contributed by atoms with E-state index in [2.05, 4.69) is 0 Å². The smallest absolute Gasteiger partial charge is 0.359 e. The second-order valence-corrected chi connectivity index (χ2v) is 4.93. The fourth-order valence-corrected chi connectivity index (χ4v) is 3.00. The molecule has 20 heavy (non-hydrogen) atoms. The van der Waals surface area contributed by atoms with Crippen LogP contribution in [0.3, 0.4) is 0 Å². The highest BCUT2D eigenvalue weighted by molar-refractivity contribution is 5.43. The number of aliphatic hydroxyl groups is 1. The number of alkyl halides is 10. The summed E-state index contributed by atoms with van der Waals surface area (Å²) in [4.78, 5) is 0. The van der Waals surface area contributed by atoms with E-state index in [4.69, 9.17) is 5.11 Å². The van der Waals surface area contributed by atoms with Gasteiger partial charge >= 0.3 is 29.4 Å². The summed E-state index contributed by atoms with van der Waals surface area (Å²) < 4.78 is 134. The van der Waals surface area contributed by atoms with Crippen LogP contribution in [0.2, 0.25) is 0 Å². The summed E-state index contributed by atoms with van der Waals surface area (Å²) in [6.45, 7) is 0.203. The van der Waals surface area contributed by atoms with Gasteiger partial charge in [0.2, 0.25) is 0 Å². The topological polar surface area (TPSA) is 20.2 Å². The van der Waals surface area contributed by atoms with Crippen LogP contribution < -0.4 is 0 Å². The van der Waals surface area contributed by atoms with Crippen molar-refractivity contribution in [3.63, 3.8) is 0 Å². The SMILES string of the molecule is CC(O)C1C(F)(F)C2(F)C(F)(F)C(F)(F)C1(F)C2(F)F. The third-order valence-electron chi connectivity index (χ3n) is 3.93. The Morgan fingerprint density at radius 1 is 0.750 bits per heavy atom. The maximum Gasteiger partial charge on any atom is 0.359 e. The van der Waals surface area contributed by atoms with E-state index in [1.54, 1.807) is 0 Å². The van der Waals surface area contributed by atoms with Crippen molar-refractivity contribution in [2.75, 3.05) is 0 Å². The Balaban J connectivity index is 2.91. The van der Waals surface area contributed by atoms with E-state index in [0.717, 1.165) is 0 Å². The van der Waals surface area contributed by atoms with Crippen LogP contribution in [0.4, 0.5) is 43.9 Å². The van der Waals surface area contributed by atoms with Gasteiger partial charge < -0.3 is 5.11 Å².